The minimum Gasteiger partial charge on any atom is -0.396 e. The van der Waals surface area contributed by atoms with Gasteiger partial charge in [-0.25, -0.2) is 0 Å². The number of aliphatic hydroxyl groups excluding tert-OH is 1. The number of aliphatic imine (C=N–C) groups is 1. The molecule has 2 N–H and O–H groups in total. The van der Waals surface area contributed by atoms with Crippen LogP contribution in [0.4, 0.5) is 0 Å². The predicted octanol–water partition coefficient (Wildman–Crippen LogP) is 1.60. The van der Waals surface area contributed by atoms with Crippen LogP contribution in [0.25, 0.3) is 0 Å². The van der Waals surface area contributed by atoms with E-state index in [-0.39, 0.29) is 6.61 Å². The maximum Gasteiger partial charge on any atom is 0.157 e. The van der Waals surface area contributed by atoms with E-state index in [0.717, 1.165) is 16.9 Å². The summed E-state index contributed by atoms with van der Waals surface area (Å²) >= 11 is 5.26. The van der Waals surface area contributed by atoms with Crippen molar-refractivity contribution in [2.24, 2.45) is 4.99 Å². The molecule has 0 aliphatic carbocycles. The molecule has 3 atom stereocenters. The van der Waals surface area contributed by atoms with E-state index in [1.165, 1.54) is 0 Å². The number of aliphatic hydroxyl groups is 1. The van der Waals surface area contributed by atoms with Crippen LogP contribution in [0.2, 0.25) is 0 Å². The van der Waals surface area contributed by atoms with Gasteiger partial charge in [-0.15, -0.1) is 0 Å². The Bertz CT molecular complexity index is 213. The predicted molar refractivity (Wildman–Crippen MR) is 66.4 cm³/mol. The standard InChI is InChI=1S/C9H17BrN2OS/c1-6(3-4-13)11-9-12-7(2)8(5-10)14-9/h6-8,13H,3-5H2,1-2H3,(H,11,12). The zero-order valence-corrected chi connectivity index (χ0v) is 10.9. The molecule has 1 aliphatic rings. The molecule has 0 bridgehead atoms. The monoisotopic (exact) mass is 280 g/mol. The first-order valence-corrected chi connectivity index (χ1v) is 6.85. The van der Waals surface area contributed by atoms with Crippen molar-refractivity contribution in [1.29, 1.82) is 0 Å². The molecule has 0 radical (unpaired) electrons. The van der Waals surface area contributed by atoms with Crippen LogP contribution in [0.5, 0.6) is 0 Å². The van der Waals surface area contributed by atoms with Gasteiger partial charge in [0.25, 0.3) is 0 Å². The highest BCUT2D eigenvalue weighted by atomic mass is 79.9. The van der Waals surface area contributed by atoms with E-state index in [0.29, 0.717) is 17.3 Å². The second-order valence-electron chi connectivity index (χ2n) is 3.54. The number of hydrogen-bond donors (Lipinski definition) is 2. The summed E-state index contributed by atoms with van der Waals surface area (Å²) in [6, 6.07) is 0.677. The third kappa shape index (κ3) is 3.44. The summed E-state index contributed by atoms with van der Waals surface area (Å²) in [6.45, 7) is 4.42. The van der Waals surface area contributed by atoms with Crippen molar-refractivity contribution in [3.63, 3.8) is 0 Å². The van der Waals surface area contributed by atoms with Crippen LogP contribution < -0.4 is 5.32 Å². The number of amidine groups is 1. The molecule has 3 nitrogen and oxygen atoms in total. The van der Waals surface area contributed by atoms with Gasteiger partial charge in [-0.2, -0.15) is 0 Å². The fraction of sp³-hybridized carbons (Fsp3) is 0.889. The van der Waals surface area contributed by atoms with Gasteiger partial charge < -0.3 is 10.4 Å². The molecule has 5 heteroatoms. The summed E-state index contributed by atoms with van der Waals surface area (Å²) in [7, 11) is 0. The first kappa shape index (κ1) is 12.3. The SMILES string of the molecule is CC(CCO)NC1=NC(C)C(CBr)S1. The van der Waals surface area contributed by atoms with Gasteiger partial charge in [0.2, 0.25) is 0 Å². The molecule has 82 valence electrons. The summed E-state index contributed by atoms with van der Waals surface area (Å²) in [5.41, 5.74) is 0. The Morgan fingerprint density at radius 1 is 1.71 bits per heavy atom. The fourth-order valence-corrected chi connectivity index (χ4v) is 3.29. The van der Waals surface area contributed by atoms with Crippen molar-refractivity contribution in [3.05, 3.63) is 0 Å². The maximum absolute atomic E-state index is 8.77. The van der Waals surface area contributed by atoms with Gasteiger partial charge in [-0.05, 0) is 20.3 Å². The summed E-state index contributed by atoms with van der Waals surface area (Å²) < 4.78 is 0. The second-order valence-corrected chi connectivity index (χ2v) is 5.42. The second kappa shape index (κ2) is 5.98. The lowest BCUT2D eigenvalue weighted by Crippen LogP contribution is -2.30. The van der Waals surface area contributed by atoms with E-state index in [2.05, 4.69) is 40.1 Å². The lowest BCUT2D eigenvalue weighted by atomic mass is 10.2. The van der Waals surface area contributed by atoms with Crippen molar-refractivity contribution in [2.45, 2.75) is 37.6 Å². The van der Waals surface area contributed by atoms with Crippen molar-refractivity contribution in [1.82, 2.24) is 5.32 Å². The summed E-state index contributed by atoms with van der Waals surface area (Å²) in [6.07, 6.45) is 0.771. The van der Waals surface area contributed by atoms with Gasteiger partial charge in [0.05, 0.1) is 6.04 Å². The molecule has 1 aliphatic heterocycles. The van der Waals surface area contributed by atoms with E-state index in [4.69, 9.17) is 5.11 Å². The third-order valence-electron chi connectivity index (χ3n) is 2.21. The van der Waals surface area contributed by atoms with Crippen LogP contribution in [-0.4, -0.2) is 39.5 Å². The van der Waals surface area contributed by atoms with Crippen LogP contribution in [0.3, 0.4) is 0 Å². The zero-order valence-electron chi connectivity index (χ0n) is 8.53. The number of thioether (sulfide) groups is 1. The van der Waals surface area contributed by atoms with E-state index in [1.807, 2.05) is 0 Å². The number of nitrogens with zero attached hydrogens (tertiary/aromatic N) is 1. The number of halogens is 1. The lowest BCUT2D eigenvalue weighted by molar-refractivity contribution is 0.275. The summed E-state index contributed by atoms with van der Waals surface area (Å²) in [4.78, 5) is 4.52. The van der Waals surface area contributed by atoms with Gasteiger partial charge in [-0.3, -0.25) is 4.99 Å². The largest absolute Gasteiger partial charge is 0.396 e. The van der Waals surface area contributed by atoms with Crippen molar-refractivity contribution in [3.8, 4) is 0 Å². The van der Waals surface area contributed by atoms with Gasteiger partial charge in [-0.1, -0.05) is 27.7 Å². The third-order valence-corrected chi connectivity index (χ3v) is 4.64. The summed E-state index contributed by atoms with van der Waals surface area (Å²) in [5, 5.41) is 14.6. The van der Waals surface area contributed by atoms with Crippen molar-refractivity contribution in [2.75, 3.05) is 11.9 Å². The smallest absolute Gasteiger partial charge is 0.157 e. The molecule has 0 spiro atoms. The van der Waals surface area contributed by atoms with E-state index in [9.17, 15) is 0 Å². The highest BCUT2D eigenvalue weighted by molar-refractivity contribution is 9.09. The molecule has 0 saturated heterocycles. The molecule has 3 unspecified atom stereocenters. The van der Waals surface area contributed by atoms with E-state index >= 15 is 0 Å². The van der Waals surface area contributed by atoms with Crippen LogP contribution in [0.1, 0.15) is 20.3 Å². The number of alkyl halides is 1. The van der Waals surface area contributed by atoms with E-state index < -0.39 is 0 Å². The van der Waals surface area contributed by atoms with Crippen LogP contribution in [0.15, 0.2) is 4.99 Å². The fourth-order valence-electron chi connectivity index (χ4n) is 1.25. The van der Waals surface area contributed by atoms with Crippen molar-refractivity contribution >= 4 is 32.9 Å². The topological polar surface area (TPSA) is 44.6 Å². The normalized spacial score (nSPS) is 28.7. The molecule has 0 amide bonds. The molecule has 0 aromatic carbocycles. The van der Waals surface area contributed by atoms with Crippen molar-refractivity contribution < 1.29 is 5.11 Å². The molecule has 1 rings (SSSR count). The summed E-state index contributed by atoms with van der Waals surface area (Å²) in [5.74, 6) is 0. The maximum atomic E-state index is 8.77. The lowest BCUT2D eigenvalue weighted by Gasteiger charge is -2.13. The zero-order chi connectivity index (χ0) is 10.6. The van der Waals surface area contributed by atoms with Crippen LogP contribution in [0, 0.1) is 0 Å². The Kier molecular flexibility index (Phi) is 5.26. The molecule has 0 aromatic rings. The molecular weight excluding hydrogens is 264 g/mol. The van der Waals surface area contributed by atoms with Crippen LogP contribution in [-0.2, 0) is 0 Å². The van der Waals surface area contributed by atoms with Gasteiger partial charge >= 0.3 is 0 Å². The highest BCUT2D eigenvalue weighted by Crippen LogP contribution is 2.27. The first-order chi connectivity index (χ1) is 6.67. The molecule has 1 heterocycles. The van der Waals surface area contributed by atoms with Gasteiger partial charge in [0, 0.05) is 23.2 Å². The number of nitrogens with one attached hydrogen (secondary N) is 1. The Balaban J connectivity index is 2.36. The highest BCUT2D eigenvalue weighted by Gasteiger charge is 2.26. The molecule has 14 heavy (non-hydrogen) atoms. The minimum atomic E-state index is 0.226. The Hall–Kier alpha value is 0.260. The first-order valence-electron chi connectivity index (χ1n) is 4.85. The quantitative estimate of drug-likeness (QED) is 0.769. The molecule has 0 saturated carbocycles. The molecular formula is C9H17BrN2OS. The molecule has 0 fully saturated rings. The Labute approximate surface area is 97.9 Å². The van der Waals surface area contributed by atoms with E-state index in [1.54, 1.807) is 11.8 Å². The van der Waals surface area contributed by atoms with Gasteiger partial charge in [0.1, 0.15) is 0 Å². The average molecular weight is 281 g/mol. The average Bonchev–Trinajstić information content (AvgIpc) is 2.46. The molecule has 0 aromatic heterocycles. The Morgan fingerprint density at radius 3 is 2.93 bits per heavy atom. The van der Waals surface area contributed by atoms with Crippen LogP contribution >= 0.6 is 27.7 Å². The minimum absolute atomic E-state index is 0.226. The number of rotatable bonds is 4. The van der Waals surface area contributed by atoms with Gasteiger partial charge in [0.15, 0.2) is 5.17 Å². The Morgan fingerprint density at radius 2 is 2.43 bits per heavy atom. The number of hydrogen-bond acceptors (Lipinski definition) is 4.